The fourth-order valence-electron chi connectivity index (χ4n) is 2.07. The number of amides is 1. The Morgan fingerprint density at radius 3 is 2.52 bits per heavy atom. The number of benzene rings is 2. The van der Waals surface area contributed by atoms with Gasteiger partial charge in [-0.25, -0.2) is 5.43 Å². The number of hydrogen-bond acceptors (Lipinski definition) is 3. The summed E-state index contributed by atoms with van der Waals surface area (Å²) in [5.74, 6) is -0.255. The number of hydrogen-bond donors (Lipinski definition) is 1. The molecule has 7 heteroatoms. The van der Waals surface area contributed by atoms with Crippen LogP contribution >= 0.6 is 11.6 Å². The van der Waals surface area contributed by atoms with Crippen molar-refractivity contribution in [3.05, 3.63) is 64.7 Å². The quantitative estimate of drug-likeness (QED) is 0.571. The number of nitrogens with zero attached hydrogens (tertiary/aromatic N) is 1. The average molecular weight is 367 g/mol. The standard InChI is InChI=1S/C18H17ClF2N2O2/c1-12(22-23-17(24)15-4-2-3-5-16(15)19)6-7-13-8-10-14(11-9-13)25-18(20)21/h2-5,8-11,18H,6-7H2,1H3,(H,23,24)/b22-12-. The predicted molar refractivity (Wildman–Crippen MR) is 93.4 cm³/mol. The summed E-state index contributed by atoms with van der Waals surface area (Å²) in [6, 6.07) is 13.1. The minimum atomic E-state index is -2.83. The van der Waals surface area contributed by atoms with Gasteiger partial charge in [0.2, 0.25) is 0 Å². The first-order chi connectivity index (χ1) is 12.0. The maximum absolute atomic E-state index is 12.1. The van der Waals surface area contributed by atoms with Crippen molar-refractivity contribution < 1.29 is 18.3 Å². The molecule has 25 heavy (non-hydrogen) atoms. The first-order valence-corrected chi connectivity index (χ1v) is 7.95. The predicted octanol–water partition coefficient (Wildman–Crippen LogP) is 4.68. The van der Waals surface area contributed by atoms with Crippen LogP contribution in [0.25, 0.3) is 0 Å². The van der Waals surface area contributed by atoms with Crippen LogP contribution in [0.4, 0.5) is 8.78 Å². The van der Waals surface area contributed by atoms with Crippen molar-refractivity contribution in [2.75, 3.05) is 0 Å². The van der Waals surface area contributed by atoms with E-state index in [9.17, 15) is 13.6 Å². The highest BCUT2D eigenvalue weighted by Crippen LogP contribution is 2.16. The van der Waals surface area contributed by atoms with E-state index >= 15 is 0 Å². The number of carbonyl (C=O) groups excluding carboxylic acids is 1. The summed E-state index contributed by atoms with van der Waals surface area (Å²) in [7, 11) is 0. The van der Waals surface area contributed by atoms with Crippen molar-refractivity contribution in [1.82, 2.24) is 5.43 Å². The van der Waals surface area contributed by atoms with Crippen molar-refractivity contribution in [3.63, 3.8) is 0 Å². The van der Waals surface area contributed by atoms with Crippen LogP contribution in [0.2, 0.25) is 5.02 Å². The van der Waals surface area contributed by atoms with Gasteiger partial charge in [0.25, 0.3) is 5.91 Å². The van der Waals surface area contributed by atoms with Crippen molar-refractivity contribution in [1.29, 1.82) is 0 Å². The number of hydrazone groups is 1. The minimum Gasteiger partial charge on any atom is -0.435 e. The lowest BCUT2D eigenvalue weighted by atomic mass is 10.1. The van der Waals surface area contributed by atoms with E-state index in [1.165, 1.54) is 12.1 Å². The molecule has 1 N–H and O–H groups in total. The summed E-state index contributed by atoms with van der Waals surface area (Å²) < 4.78 is 28.5. The smallest absolute Gasteiger partial charge is 0.387 e. The van der Waals surface area contributed by atoms with Crippen molar-refractivity contribution >= 4 is 23.2 Å². The highest BCUT2D eigenvalue weighted by atomic mass is 35.5. The summed E-state index contributed by atoms with van der Waals surface area (Å²) >= 11 is 5.95. The Morgan fingerprint density at radius 2 is 1.88 bits per heavy atom. The largest absolute Gasteiger partial charge is 0.435 e. The van der Waals surface area contributed by atoms with E-state index in [0.29, 0.717) is 23.4 Å². The van der Waals surface area contributed by atoms with E-state index in [4.69, 9.17) is 11.6 Å². The molecule has 1 amide bonds. The number of ether oxygens (including phenoxy) is 1. The molecule has 0 fully saturated rings. The van der Waals surface area contributed by atoms with Gasteiger partial charge in [0.05, 0.1) is 10.6 Å². The van der Waals surface area contributed by atoms with Crippen LogP contribution in [0.3, 0.4) is 0 Å². The van der Waals surface area contributed by atoms with Gasteiger partial charge in [-0.1, -0.05) is 35.9 Å². The molecule has 2 aromatic carbocycles. The van der Waals surface area contributed by atoms with E-state index < -0.39 is 6.61 Å². The lowest BCUT2D eigenvalue weighted by Crippen LogP contribution is -2.19. The van der Waals surface area contributed by atoms with Crippen LogP contribution in [0.15, 0.2) is 53.6 Å². The van der Waals surface area contributed by atoms with Gasteiger partial charge in [-0.2, -0.15) is 13.9 Å². The molecule has 0 aliphatic heterocycles. The molecule has 0 bridgehead atoms. The Kier molecular flexibility index (Phi) is 6.89. The van der Waals surface area contributed by atoms with Gasteiger partial charge in [-0.3, -0.25) is 4.79 Å². The molecular weight excluding hydrogens is 350 g/mol. The average Bonchev–Trinajstić information content (AvgIpc) is 2.59. The Morgan fingerprint density at radius 1 is 1.20 bits per heavy atom. The highest BCUT2D eigenvalue weighted by Gasteiger charge is 2.08. The third-order valence-corrected chi connectivity index (χ3v) is 3.72. The minimum absolute atomic E-state index is 0.121. The number of rotatable bonds is 7. The number of aryl methyl sites for hydroxylation is 1. The molecule has 0 aliphatic carbocycles. The SMILES string of the molecule is C/C(CCc1ccc(OC(F)F)cc1)=N/NC(=O)c1ccccc1Cl. The second-order valence-corrected chi connectivity index (χ2v) is 5.70. The molecule has 0 heterocycles. The lowest BCUT2D eigenvalue weighted by molar-refractivity contribution is -0.0498. The van der Waals surface area contributed by atoms with E-state index in [1.807, 2.05) is 0 Å². The van der Waals surface area contributed by atoms with Crippen molar-refractivity contribution in [2.45, 2.75) is 26.4 Å². The van der Waals surface area contributed by atoms with Gasteiger partial charge in [-0.05, 0) is 49.6 Å². The molecule has 0 aromatic heterocycles. The molecule has 0 spiro atoms. The second-order valence-electron chi connectivity index (χ2n) is 5.29. The van der Waals surface area contributed by atoms with Gasteiger partial charge in [0.15, 0.2) is 0 Å². The Bertz CT molecular complexity index is 749. The third-order valence-electron chi connectivity index (χ3n) is 3.39. The molecule has 0 atom stereocenters. The number of nitrogens with one attached hydrogen (secondary N) is 1. The summed E-state index contributed by atoms with van der Waals surface area (Å²) in [6.07, 6.45) is 1.27. The van der Waals surface area contributed by atoms with E-state index in [-0.39, 0.29) is 11.7 Å². The fourth-order valence-corrected chi connectivity index (χ4v) is 2.29. The van der Waals surface area contributed by atoms with Crippen LogP contribution < -0.4 is 10.2 Å². The zero-order valence-corrected chi connectivity index (χ0v) is 14.3. The molecule has 4 nitrogen and oxygen atoms in total. The Hall–Kier alpha value is -2.47. The van der Waals surface area contributed by atoms with Crippen LogP contribution in [0.1, 0.15) is 29.3 Å². The third kappa shape index (κ3) is 6.15. The van der Waals surface area contributed by atoms with Gasteiger partial charge in [0.1, 0.15) is 5.75 Å². The van der Waals surface area contributed by atoms with Gasteiger partial charge in [-0.15, -0.1) is 0 Å². The molecule has 132 valence electrons. The monoisotopic (exact) mass is 366 g/mol. The van der Waals surface area contributed by atoms with E-state index in [0.717, 1.165) is 11.3 Å². The Balaban J connectivity index is 1.85. The lowest BCUT2D eigenvalue weighted by Gasteiger charge is -2.06. The molecule has 2 rings (SSSR count). The number of halogens is 3. The van der Waals surface area contributed by atoms with Gasteiger partial charge in [0, 0.05) is 5.71 Å². The summed E-state index contributed by atoms with van der Waals surface area (Å²) in [5, 5.41) is 4.41. The van der Waals surface area contributed by atoms with E-state index in [2.05, 4.69) is 15.3 Å². The normalized spacial score (nSPS) is 11.5. The first kappa shape index (κ1) is 18.9. The molecule has 0 saturated carbocycles. The Labute approximate surface area is 149 Å². The summed E-state index contributed by atoms with van der Waals surface area (Å²) in [6.45, 7) is -1.04. The summed E-state index contributed by atoms with van der Waals surface area (Å²) in [5.41, 5.74) is 4.51. The van der Waals surface area contributed by atoms with Gasteiger partial charge < -0.3 is 4.74 Å². The van der Waals surface area contributed by atoms with Crippen LogP contribution in [-0.4, -0.2) is 18.2 Å². The van der Waals surface area contributed by atoms with Crippen LogP contribution in [0, 0.1) is 0 Å². The van der Waals surface area contributed by atoms with Crippen LogP contribution in [0.5, 0.6) is 5.75 Å². The maximum Gasteiger partial charge on any atom is 0.387 e. The van der Waals surface area contributed by atoms with Crippen molar-refractivity contribution in [3.8, 4) is 5.75 Å². The molecule has 0 aliphatic rings. The fraction of sp³-hybridized carbons (Fsp3) is 0.222. The van der Waals surface area contributed by atoms with E-state index in [1.54, 1.807) is 43.3 Å². The highest BCUT2D eigenvalue weighted by molar-refractivity contribution is 6.33. The number of alkyl halides is 2. The second kappa shape index (κ2) is 9.13. The molecule has 0 unspecified atom stereocenters. The zero-order chi connectivity index (χ0) is 18.2. The molecule has 2 aromatic rings. The molecule has 0 radical (unpaired) electrons. The number of carbonyl (C=O) groups is 1. The maximum atomic E-state index is 12.1. The van der Waals surface area contributed by atoms with Crippen LogP contribution in [-0.2, 0) is 6.42 Å². The first-order valence-electron chi connectivity index (χ1n) is 7.57. The molecule has 0 saturated heterocycles. The molecular formula is C18H17ClF2N2O2. The zero-order valence-electron chi connectivity index (χ0n) is 13.5. The van der Waals surface area contributed by atoms with Gasteiger partial charge >= 0.3 is 6.61 Å². The van der Waals surface area contributed by atoms with Crippen molar-refractivity contribution in [2.24, 2.45) is 5.10 Å². The topological polar surface area (TPSA) is 50.7 Å². The summed E-state index contributed by atoms with van der Waals surface area (Å²) in [4.78, 5) is 12.0.